The van der Waals surface area contributed by atoms with Gasteiger partial charge in [-0.05, 0) is 62.4 Å². The first-order valence-electron chi connectivity index (χ1n) is 10.8. The zero-order valence-corrected chi connectivity index (χ0v) is 24.0. The molecule has 2 aromatic heterocycles. The van der Waals surface area contributed by atoms with E-state index in [1.807, 2.05) is 86.6 Å². The first kappa shape index (κ1) is 25.0. The summed E-state index contributed by atoms with van der Waals surface area (Å²) in [5, 5.41) is 21.5. The van der Waals surface area contributed by atoms with Gasteiger partial charge in [0.15, 0.2) is 0 Å². The Morgan fingerprint density at radius 2 is 0.971 bits per heavy atom. The van der Waals surface area contributed by atoms with E-state index in [4.69, 9.17) is 0 Å². The SMILES string of the molecule is Cc1ccc(O)c(-c2nc3ccccc3s2)c1.Cc1ccc(O)c(-c2nc3ccccc3s2)c1.[Zn]. The van der Waals surface area contributed by atoms with Crippen molar-refractivity contribution in [1.29, 1.82) is 0 Å². The van der Waals surface area contributed by atoms with Crippen molar-refractivity contribution in [3.63, 3.8) is 0 Å². The number of benzene rings is 4. The number of hydrogen-bond donors (Lipinski definition) is 2. The average Bonchev–Trinajstić information content (AvgIpc) is 3.47. The van der Waals surface area contributed by atoms with Crippen LogP contribution >= 0.6 is 22.7 Å². The number of nitrogens with zero attached hydrogens (tertiary/aromatic N) is 2. The number of aromatic hydroxyl groups is 2. The maximum absolute atomic E-state index is 9.88. The summed E-state index contributed by atoms with van der Waals surface area (Å²) in [5.74, 6) is 0.573. The van der Waals surface area contributed by atoms with Gasteiger partial charge >= 0.3 is 0 Å². The summed E-state index contributed by atoms with van der Waals surface area (Å²) < 4.78 is 2.28. The number of para-hydroxylation sites is 2. The van der Waals surface area contributed by atoms with E-state index in [0.717, 1.165) is 52.7 Å². The van der Waals surface area contributed by atoms with Crippen LogP contribution < -0.4 is 0 Å². The molecule has 4 aromatic carbocycles. The summed E-state index contributed by atoms with van der Waals surface area (Å²) in [6.45, 7) is 4.02. The third-order valence-corrected chi connectivity index (χ3v) is 7.49. The van der Waals surface area contributed by atoms with Crippen LogP contribution in [0.15, 0.2) is 84.9 Å². The fourth-order valence-electron chi connectivity index (χ4n) is 3.62. The van der Waals surface area contributed by atoms with Crippen molar-refractivity contribution in [2.45, 2.75) is 13.8 Å². The molecule has 170 valence electrons. The normalized spacial score (nSPS) is 10.6. The molecule has 0 amide bonds. The van der Waals surface area contributed by atoms with Crippen molar-refractivity contribution in [3.8, 4) is 32.6 Å². The third-order valence-electron chi connectivity index (χ3n) is 5.35. The van der Waals surface area contributed by atoms with Crippen molar-refractivity contribution in [2.75, 3.05) is 0 Å². The molecule has 0 atom stereocenters. The average molecular weight is 548 g/mol. The standard InChI is InChI=1S/2C14H11NOS.Zn/c2*1-9-6-7-12(16)10(8-9)14-15-11-4-2-3-5-13(11)17-14;/h2*2-8,16H,1H3;. The zero-order valence-electron chi connectivity index (χ0n) is 19.4. The van der Waals surface area contributed by atoms with Gasteiger partial charge in [-0.2, -0.15) is 0 Å². The Hall–Kier alpha value is -3.12. The summed E-state index contributed by atoms with van der Waals surface area (Å²) in [6.07, 6.45) is 0. The van der Waals surface area contributed by atoms with Crippen molar-refractivity contribution < 1.29 is 29.7 Å². The van der Waals surface area contributed by atoms with E-state index >= 15 is 0 Å². The van der Waals surface area contributed by atoms with Gasteiger partial charge in [-0.15, -0.1) is 22.7 Å². The molecule has 4 nitrogen and oxygen atoms in total. The number of rotatable bonds is 2. The minimum Gasteiger partial charge on any atom is -0.507 e. The Labute approximate surface area is 224 Å². The fraction of sp³-hybridized carbons (Fsp3) is 0.0714. The van der Waals surface area contributed by atoms with E-state index in [0.29, 0.717) is 0 Å². The zero-order chi connectivity index (χ0) is 23.7. The van der Waals surface area contributed by atoms with Crippen LogP contribution in [0.4, 0.5) is 0 Å². The number of aromatic nitrogens is 2. The molecule has 0 saturated carbocycles. The van der Waals surface area contributed by atoms with E-state index in [1.165, 1.54) is 0 Å². The van der Waals surface area contributed by atoms with Gasteiger partial charge in [0, 0.05) is 19.5 Å². The van der Waals surface area contributed by atoms with Gasteiger partial charge in [0.05, 0.1) is 31.6 Å². The Morgan fingerprint density at radius 3 is 1.37 bits per heavy atom. The summed E-state index contributed by atoms with van der Waals surface area (Å²) >= 11 is 3.20. The Kier molecular flexibility index (Phi) is 7.61. The molecule has 0 fully saturated rings. The number of hydrogen-bond acceptors (Lipinski definition) is 6. The predicted molar refractivity (Wildman–Crippen MR) is 143 cm³/mol. The smallest absolute Gasteiger partial charge is 0.128 e. The first-order valence-corrected chi connectivity index (χ1v) is 12.4. The molecule has 0 aliphatic heterocycles. The van der Waals surface area contributed by atoms with E-state index < -0.39 is 0 Å². The van der Waals surface area contributed by atoms with E-state index in [1.54, 1.807) is 34.8 Å². The van der Waals surface area contributed by atoms with Crippen molar-refractivity contribution in [2.24, 2.45) is 0 Å². The molecule has 6 aromatic rings. The van der Waals surface area contributed by atoms with Gasteiger partial charge in [-0.3, -0.25) is 0 Å². The molecule has 0 bridgehead atoms. The van der Waals surface area contributed by atoms with Crippen molar-refractivity contribution in [3.05, 3.63) is 96.1 Å². The molecule has 35 heavy (non-hydrogen) atoms. The molecule has 7 heteroatoms. The van der Waals surface area contributed by atoms with Gasteiger partial charge in [0.2, 0.25) is 0 Å². The molecular formula is C28H22N2O2S2Zn. The molecule has 2 N–H and O–H groups in total. The monoisotopic (exact) mass is 546 g/mol. The molecule has 6 rings (SSSR count). The maximum atomic E-state index is 9.88. The Morgan fingerprint density at radius 1 is 0.571 bits per heavy atom. The van der Waals surface area contributed by atoms with Crippen LogP contribution in [0, 0.1) is 13.8 Å². The summed E-state index contributed by atoms with van der Waals surface area (Å²) in [7, 11) is 0. The van der Waals surface area contributed by atoms with Gasteiger partial charge in [0.1, 0.15) is 21.5 Å². The molecule has 0 radical (unpaired) electrons. The van der Waals surface area contributed by atoms with Crippen LogP contribution in [0.1, 0.15) is 11.1 Å². The topological polar surface area (TPSA) is 66.2 Å². The molecule has 0 aliphatic carbocycles. The van der Waals surface area contributed by atoms with Gasteiger partial charge in [-0.25, -0.2) is 9.97 Å². The first-order chi connectivity index (χ1) is 16.5. The molecule has 2 heterocycles. The number of aryl methyl sites for hydroxylation is 2. The molecular weight excluding hydrogens is 526 g/mol. The van der Waals surface area contributed by atoms with Crippen LogP contribution in [0.3, 0.4) is 0 Å². The fourth-order valence-corrected chi connectivity index (χ4v) is 5.60. The second kappa shape index (κ2) is 10.7. The maximum Gasteiger partial charge on any atom is 0.128 e. The van der Waals surface area contributed by atoms with Crippen LogP contribution in [-0.2, 0) is 19.5 Å². The van der Waals surface area contributed by atoms with Gasteiger partial charge < -0.3 is 10.2 Å². The van der Waals surface area contributed by atoms with Gasteiger partial charge in [0.25, 0.3) is 0 Å². The second-order valence-corrected chi connectivity index (χ2v) is 10.1. The molecule has 0 spiro atoms. The van der Waals surface area contributed by atoms with E-state index in [9.17, 15) is 10.2 Å². The quantitative estimate of drug-likeness (QED) is 0.216. The van der Waals surface area contributed by atoms with E-state index in [2.05, 4.69) is 9.97 Å². The van der Waals surface area contributed by atoms with Crippen LogP contribution in [0.25, 0.3) is 41.6 Å². The van der Waals surface area contributed by atoms with Crippen LogP contribution in [-0.4, -0.2) is 20.2 Å². The second-order valence-electron chi connectivity index (χ2n) is 8.01. The van der Waals surface area contributed by atoms with Gasteiger partial charge in [-0.1, -0.05) is 47.5 Å². The summed E-state index contributed by atoms with van der Waals surface area (Å²) in [5.41, 5.74) is 5.83. The van der Waals surface area contributed by atoms with E-state index in [-0.39, 0.29) is 31.0 Å². The minimum atomic E-state index is 0. The molecule has 0 saturated heterocycles. The number of phenolic OH excluding ortho intramolecular Hbond substituents is 2. The van der Waals surface area contributed by atoms with Crippen molar-refractivity contribution in [1.82, 2.24) is 9.97 Å². The molecule has 0 unspecified atom stereocenters. The summed E-state index contributed by atoms with van der Waals surface area (Å²) in [6, 6.07) is 27.2. The van der Waals surface area contributed by atoms with Crippen LogP contribution in [0.2, 0.25) is 0 Å². The van der Waals surface area contributed by atoms with Crippen LogP contribution in [0.5, 0.6) is 11.5 Å². The number of fused-ring (bicyclic) bond motifs is 2. The largest absolute Gasteiger partial charge is 0.507 e. The van der Waals surface area contributed by atoms with Crippen molar-refractivity contribution >= 4 is 43.1 Å². The number of thiazole rings is 2. The third kappa shape index (κ3) is 5.43. The molecule has 0 aliphatic rings. The summed E-state index contributed by atoms with van der Waals surface area (Å²) in [4.78, 5) is 9.09. The Bertz CT molecular complexity index is 1440. The minimum absolute atomic E-state index is 0. The number of phenols is 2. The predicted octanol–water partition coefficient (Wildman–Crippen LogP) is 7.95. The Balaban J connectivity index is 0.000000160.